The van der Waals surface area contributed by atoms with Crippen molar-refractivity contribution in [1.29, 1.82) is 0 Å². The van der Waals surface area contributed by atoms with Gasteiger partial charge in [-0.2, -0.15) is 0 Å². The Morgan fingerprint density at radius 3 is 2.75 bits per heavy atom. The van der Waals surface area contributed by atoms with Gasteiger partial charge in [0.15, 0.2) is 4.67 Å². The Morgan fingerprint density at radius 1 is 1.31 bits per heavy atom. The van der Waals surface area contributed by atoms with Crippen molar-refractivity contribution in [3.63, 3.8) is 0 Å². The fraction of sp³-hybridized carbons (Fsp3) is 0.333. The van der Waals surface area contributed by atoms with E-state index in [-0.39, 0.29) is 6.04 Å². The van der Waals surface area contributed by atoms with Crippen molar-refractivity contribution in [2.75, 3.05) is 6.54 Å². The summed E-state index contributed by atoms with van der Waals surface area (Å²) in [7, 11) is 0. The van der Waals surface area contributed by atoms with Gasteiger partial charge in [0.2, 0.25) is 0 Å². The SMILES string of the molecule is CCCNC(c1ccco1)c1ccc(Br)o1. The van der Waals surface area contributed by atoms with E-state index in [4.69, 9.17) is 8.83 Å². The highest BCUT2D eigenvalue weighted by Gasteiger charge is 2.19. The van der Waals surface area contributed by atoms with Gasteiger partial charge in [-0.05, 0) is 53.2 Å². The Kier molecular flexibility index (Phi) is 3.85. The van der Waals surface area contributed by atoms with Crippen LogP contribution in [-0.4, -0.2) is 6.54 Å². The third kappa shape index (κ3) is 2.57. The predicted octanol–water partition coefficient (Wildman–Crippen LogP) is 3.72. The largest absolute Gasteiger partial charge is 0.467 e. The highest BCUT2D eigenvalue weighted by atomic mass is 79.9. The lowest BCUT2D eigenvalue weighted by Gasteiger charge is -2.13. The molecule has 1 unspecified atom stereocenters. The van der Waals surface area contributed by atoms with E-state index in [0.29, 0.717) is 0 Å². The van der Waals surface area contributed by atoms with Crippen molar-refractivity contribution in [1.82, 2.24) is 5.32 Å². The first-order valence-corrected chi connectivity index (χ1v) is 6.12. The molecule has 2 aromatic rings. The van der Waals surface area contributed by atoms with Crippen molar-refractivity contribution in [2.24, 2.45) is 0 Å². The minimum atomic E-state index is -0.0127. The van der Waals surface area contributed by atoms with Gasteiger partial charge in [0.25, 0.3) is 0 Å². The van der Waals surface area contributed by atoms with Gasteiger partial charge in [-0.25, -0.2) is 0 Å². The van der Waals surface area contributed by atoms with Crippen molar-refractivity contribution < 1.29 is 8.83 Å². The number of halogens is 1. The molecule has 2 heterocycles. The first kappa shape index (κ1) is 11.5. The first-order valence-electron chi connectivity index (χ1n) is 5.33. The Labute approximate surface area is 103 Å². The van der Waals surface area contributed by atoms with Crippen LogP contribution >= 0.6 is 15.9 Å². The zero-order valence-corrected chi connectivity index (χ0v) is 10.7. The molecule has 2 rings (SSSR count). The summed E-state index contributed by atoms with van der Waals surface area (Å²) in [6, 6.07) is 7.65. The Balaban J connectivity index is 2.21. The Bertz CT molecular complexity index is 422. The highest BCUT2D eigenvalue weighted by molar-refractivity contribution is 9.10. The number of hydrogen-bond donors (Lipinski definition) is 1. The maximum absolute atomic E-state index is 5.56. The third-order valence-electron chi connectivity index (χ3n) is 2.30. The van der Waals surface area contributed by atoms with E-state index in [2.05, 4.69) is 28.2 Å². The van der Waals surface area contributed by atoms with Crippen molar-refractivity contribution in [2.45, 2.75) is 19.4 Å². The molecule has 3 nitrogen and oxygen atoms in total. The molecule has 0 spiro atoms. The maximum atomic E-state index is 5.56. The number of nitrogens with one attached hydrogen (secondary N) is 1. The molecule has 0 amide bonds. The molecule has 1 N–H and O–H groups in total. The fourth-order valence-corrected chi connectivity index (χ4v) is 1.89. The molecule has 0 aromatic carbocycles. The van der Waals surface area contributed by atoms with Crippen LogP contribution in [0.5, 0.6) is 0 Å². The van der Waals surface area contributed by atoms with Crippen LogP contribution in [0.1, 0.15) is 30.9 Å². The molecular weight excluding hydrogens is 270 g/mol. The van der Waals surface area contributed by atoms with Crippen molar-refractivity contribution >= 4 is 15.9 Å². The number of furan rings is 2. The predicted molar refractivity (Wildman–Crippen MR) is 65.3 cm³/mol. The molecule has 0 aliphatic carbocycles. The van der Waals surface area contributed by atoms with Gasteiger partial charge in [-0.3, -0.25) is 0 Å². The monoisotopic (exact) mass is 283 g/mol. The van der Waals surface area contributed by atoms with Crippen LogP contribution in [0.3, 0.4) is 0 Å². The van der Waals surface area contributed by atoms with E-state index in [0.717, 1.165) is 29.2 Å². The van der Waals surface area contributed by atoms with Crippen LogP contribution in [0.4, 0.5) is 0 Å². The second-order valence-corrected chi connectivity index (χ2v) is 4.33. The van der Waals surface area contributed by atoms with E-state index in [1.54, 1.807) is 6.26 Å². The number of rotatable bonds is 5. The highest BCUT2D eigenvalue weighted by Crippen LogP contribution is 2.26. The molecule has 2 aromatic heterocycles. The molecule has 4 heteroatoms. The minimum absolute atomic E-state index is 0.0127. The summed E-state index contributed by atoms with van der Waals surface area (Å²) in [6.07, 6.45) is 2.74. The van der Waals surface area contributed by atoms with Crippen molar-refractivity contribution in [3.05, 3.63) is 46.7 Å². The van der Waals surface area contributed by atoms with E-state index < -0.39 is 0 Å². The van der Waals surface area contributed by atoms with Gasteiger partial charge in [0, 0.05) is 0 Å². The molecule has 0 aliphatic heterocycles. The van der Waals surface area contributed by atoms with Gasteiger partial charge in [-0.1, -0.05) is 6.92 Å². The molecule has 0 bridgehead atoms. The molecule has 0 radical (unpaired) electrons. The second-order valence-electron chi connectivity index (χ2n) is 3.54. The molecule has 0 saturated heterocycles. The molecular formula is C12H14BrNO2. The van der Waals surface area contributed by atoms with Crippen LogP contribution in [0.15, 0.2) is 44.0 Å². The molecule has 0 aliphatic rings. The van der Waals surface area contributed by atoms with E-state index in [1.807, 2.05) is 24.3 Å². The lowest BCUT2D eigenvalue weighted by Crippen LogP contribution is -2.22. The van der Waals surface area contributed by atoms with E-state index in [1.165, 1.54) is 0 Å². The zero-order valence-electron chi connectivity index (χ0n) is 9.07. The second kappa shape index (κ2) is 5.37. The summed E-state index contributed by atoms with van der Waals surface area (Å²) in [5.74, 6) is 1.73. The van der Waals surface area contributed by atoms with Crippen LogP contribution in [0.2, 0.25) is 0 Å². The van der Waals surface area contributed by atoms with E-state index >= 15 is 0 Å². The van der Waals surface area contributed by atoms with Gasteiger partial charge in [0.1, 0.15) is 17.6 Å². The van der Waals surface area contributed by atoms with Crippen LogP contribution in [0, 0.1) is 0 Å². The van der Waals surface area contributed by atoms with Crippen LogP contribution < -0.4 is 5.32 Å². The summed E-state index contributed by atoms with van der Waals surface area (Å²) in [6.45, 7) is 3.05. The summed E-state index contributed by atoms with van der Waals surface area (Å²) in [4.78, 5) is 0. The molecule has 0 saturated carbocycles. The summed E-state index contributed by atoms with van der Waals surface area (Å²) < 4.78 is 11.7. The van der Waals surface area contributed by atoms with Gasteiger partial charge < -0.3 is 14.2 Å². The molecule has 1 atom stereocenters. The van der Waals surface area contributed by atoms with Crippen LogP contribution in [0.25, 0.3) is 0 Å². The lowest BCUT2D eigenvalue weighted by molar-refractivity contribution is 0.382. The van der Waals surface area contributed by atoms with Gasteiger partial charge in [0.05, 0.1) is 6.26 Å². The van der Waals surface area contributed by atoms with Gasteiger partial charge >= 0.3 is 0 Å². The summed E-state index contributed by atoms with van der Waals surface area (Å²) >= 11 is 3.31. The lowest BCUT2D eigenvalue weighted by atomic mass is 10.1. The van der Waals surface area contributed by atoms with Gasteiger partial charge in [-0.15, -0.1) is 0 Å². The Morgan fingerprint density at radius 2 is 2.19 bits per heavy atom. The van der Waals surface area contributed by atoms with Crippen molar-refractivity contribution in [3.8, 4) is 0 Å². The normalized spacial score (nSPS) is 12.9. The first-order chi connectivity index (χ1) is 7.81. The molecule has 86 valence electrons. The number of hydrogen-bond acceptors (Lipinski definition) is 3. The smallest absolute Gasteiger partial charge is 0.169 e. The fourth-order valence-electron chi connectivity index (χ4n) is 1.57. The molecule has 16 heavy (non-hydrogen) atoms. The molecule has 0 fully saturated rings. The standard InChI is InChI=1S/C12H14BrNO2/c1-2-7-14-12(9-4-3-8-15-9)10-5-6-11(13)16-10/h3-6,8,12,14H,2,7H2,1H3. The quantitative estimate of drug-likeness (QED) is 0.909. The zero-order chi connectivity index (χ0) is 11.4. The van der Waals surface area contributed by atoms with Crippen LogP contribution in [-0.2, 0) is 0 Å². The minimum Gasteiger partial charge on any atom is -0.467 e. The van der Waals surface area contributed by atoms with E-state index in [9.17, 15) is 0 Å². The summed E-state index contributed by atoms with van der Waals surface area (Å²) in [5.41, 5.74) is 0. The average molecular weight is 284 g/mol. The topological polar surface area (TPSA) is 38.3 Å². The maximum Gasteiger partial charge on any atom is 0.169 e. The third-order valence-corrected chi connectivity index (χ3v) is 2.73. The average Bonchev–Trinajstić information content (AvgIpc) is 2.91. The Hall–Kier alpha value is -1.000. The summed E-state index contributed by atoms with van der Waals surface area (Å²) in [5, 5.41) is 3.39.